The molecule has 0 N–H and O–H groups in total. The average molecular weight is 325 g/mol. The molecule has 1 aliphatic carbocycles. The molecule has 0 amide bonds. The molecule has 0 aliphatic heterocycles. The third kappa shape index (κ3) is 2.39. The van der Waals surface area contributed by atoms with Crippen molar-refractivity contribution in [1.82, 2.24) is 10.1 Å². The van der Waals surface area contributed by atoms with Gasteiger partial charge in [-0.05, 0) is 59.9 Å². The van der Waals surface area contributed by atoms with Crippen LogP contribution in [0.5, 0.6) is 0 Å². The molecular weight excluding hydrogens is 312 g/mol. The van der Waals surface area contributed by atoms with E-state index in [-0.39, 0.29) is 10.6 Å². The molecule has 4 rings (SSSR count). The first kappa shape index (κ1) is 14.0. The highest BCUT2D eigenvalue weighted by Crippen LogP contribution is 2.31. The van der Waals surface area contributed by atoms with Crippen LogP contribution in [0.1, 0.15) is 28.2 Å². The van der Waals surface area contributed by atoms with E-state index in [1.54, 1.807) is 23.5 Å². The molecule has 3 aromatic rings. The van der Waals surface area contributed by atoms with Gasteiger partial charge in [0.1, 0.15) is 11.2 Å². The number of nitro benzene ring substituents is 1. The van der Waals surface area contributed by atoms with Gasteiger partial charge in [-0.1, -0.05) is 9.61 Å². The Hall–Kier alpha value is -2.67. The van der Waals surface area contributed by atoms with Gasteiger partial charge in [0.05, 0.1) is 4.92 Å². The van der Waals surface area contributed by atoms with Crippen LogP contribution in [0.25, 0.3) is 16.6 Å². The number of non-ortho nitro benzene ring substituents is 1. The first-order valence-electron chi connectivity index (χ1n) is 7.24. The van der Waals surface area contributed by atoms with Crippen LogP contribution in [0.2, 0.25) is 0 Å². The summed E-state index contributed by atoms with van der Waals surface area (Å²) in [6.07, 6.45) is 5.88. The van der Waals surface area contributed by atoms with E-state index in [0.29, 0.717) is 0 Å². The second kappa shape index (κ2) is 5.20. The van der Waals surface area contributed by atoms with Gasteiger partial charge in [-0.3, -0.25) is 10.1 Å². The normalized spacial score (nSPS) is 15.3. The van der Waals surface area contributed by atoms with E-state index in [1.165, 1.54) is 23.3 Å². The molecule has 7 heteroatoms. The highest BCUT2D eigenvalue weighted by atomic mass is 32.1. The number of hydrogen-bond donors (Lipinski definition) is 0. The van der Waals surface area contributed by atoms with E-state index in [9.17, 15) is 10.1 Å². The number of aromatic nitrogens is 3. The maximum Gasteiger partial charge on any atom is 0.410 e. The van der Waals surface area contributed by atoms with Crippen LogP contribution in [-0.2, 0) is 6.42 Å². The van der Waals surface area contributed by atoms with E-state index in [1.807, 2.05) is 17.6 Å². The van der Waals surface area contributed by atoms with Crippen LogP contribution in [0.3, 0.4) is 0 Å². The molecule has 0 atom stereocenters. The van der Waals surface area contributed by atoms with Crippen molar-refractivity contribution in [2.45, 2.75) is 19.8 Å². The number of allylic oxidation sites excluding steroid dienone is 1. The van der Waals surface area contributed by atoms with Crippen molar-refractivity contribution in [3.63, 3.8) is 0 Å². The van der Waals surface area contributed by atoms with Crippen LogP contribution >= 0.6 is 11.3 Å². The number of rotatable bonds is 2. The Morgan fingerprint density at radius 1 is 1.30 bits per heavy atom. The fourth-order valence-electron chi connectivity index (χ4n) is 2.88. The molecule has 6 nitrogen and oxygen atoms in total. The van der Waals surface area contributed by atoms with E-state index in [0.717, 1.165) is 34.1 Å². The number of hydrogen-bond acceptors (Lipinski definition) is 5. The third-order valence-electron chi connectivity index (χ3n) is 3.92. The van der Waals surface area contributed by atoms with Crippen LogP contribution in [0.4, 0.5) is 5.69 Å². The second-order valence-corrected chi connectivity index (χ2v) is 6.63. The molecule has 0 spiro atoms. The summed E-state index contributed by atoms with van der Waals surface area (Å²) >= 11 is 1.57. The van der Waals surface area contributed by atoms with Gasteiger partial charge in [0.15, 0.2) is 5.69 Å². The lowest BCUT2D eigenvalue weighted by Crippen LogP contribution is -2.29. The molecule has 2 heterocycles. The van der Waals surface area contributed by atoms with Gasteiger partial charge in [-0.25, -0.2) is 0 Å². The SMILES string of the molecule is Cc1n[n+]2c3c(cnc2s1)CC/C3=C/c1ccc([N+](=O)[O-])cc1. The molecule has 0 unspecified atom stereocenters. The minimum Gasteiger partial charge on any atom is -0.258 e. The summed E-state index contributed by atoms with van der Waals surface area (Å²) in [4.78, 5) is 15.7. The van der Waals surface area contributed by atoms with Crippen LogP contribution < -0.4 is 4.52 Å². The van der Waals surface area contributed by atoms with Crippen LogP contribution in [-0.4, -0.2) is 15.0 Å². The molecule has 23 heavy (non-hydrogen) atoms. The molecule has 1 aliphatic rings. The molecule has 0 radical (unpaired) electrons. The lowest BCUT2D eigenvalue weighted by atomic mass is 10.1. The molecule has 0 bridgehead atoms. The van der Waals surface area contributed by atoms with Crippen molar-refractivity contribution in [1.29, 1.82) is 0 Å². The van der Waals surface area contributed by atoms with Gasteiger partial charge in [-0.15, -0.1) is 0 Å². The van der Waals surface area contributed by atoms with Crippen molar-refractivity contribution in [2.24, 2.45) is 0 Å². The standard InChI is InChI=1S/C16H13N4O2S/c1-10-18-19-15-12(4-5-13(15)9-17-16(19)23-10)8-11-2-6-14(7-3-11)20(21)22/h2-3,6-9H,4-5H2,1H3/q+1/b12-8-. The molecular formula is C16H13N4O2S+. The van der Waals surface area contributed by atoms with E-state index in [2.05, 4.69) is 16.2 Å². The fraction of sp³-hybridized carbons (Fsp3) is 0.188. The number of fused-ring (bicyclic) bond motifs is 3. The predicted molar refractivity (Wildman–Crippen MR) is 87.1 cm³/mol. The van der Waals surface area contributed by atoms with Gasteiger partial charge in [0.25, 0.3) is 5.69 Å². The van der Waals surface area contributed by atoms with Crippen LogP contribution in [0.15, 0.2) is 30.5 Å². The molecule has 0 saturated carbocycles. The zero-order valence-corrected chi connectivity index (χ0v) is 13.2. The van der Waals surface area contributed by atoms with Gasteiger partial charge in [0.2, 0.25) is 0 Å². The Labute approximate surface area is 135 Å². The maximum atomic E-state index is 10.7. The molecule has 2 aromatic heterocycles. The van der Waals surface area contributed by atoms with E-state index in [4.69, 9.17) is 0 Å². The summed E-state index contributed by atoms with van der Waals surface area (Å²) in [7, 11) is 0. The average Bonchev–Trinajstić information content (AvgIpc) is 3.10. The third-order valence-corrected chi connectivity index (χ3v) is 4.76. The Morgan fingerprint density at radius 3 is 2.83 bits per heavy atom. The lowest BCUT2D eigenvalue weighted by molar-refractivity contribution is -0.581. The summed E-state index contributed by atoms with van der Waals surface area (Å²) < 4.78 is 1.92. The van der Waals surface area contributed by atoms with E-state index >= 15 is 0 Å². The van der Waals surface area contributed by atoms with E-state index < -0.39 is 0 Å². The van der Waals surface area contributed by atoms with Gasteiger partial charge in [-0.2, -0.15) is 0 Å². The predicted octanol–water partition coefficient (Wildman–Crippen LogP) is 2.98. The topological polar surface area (TPSA) is 73.0 Å². The Morgan fingerprint density at radius 2 is 2.09 bits per heavy atom. The number of aryl methyl sites for hydroxylation is 2. The van der Waals surface area contributed by atoms with Crippen LogP contribution in [0, 0.1) is 17.0 Å². The highest BCUT2D eigenvalue weighted by Gasteiger charge is 2.28. The molecule has 0 fully saturated rings. The zero-order chi connectivity index (χ0) is 16.0. The summed E-state index contributed by atoms with van der Waals surface area (Å²) in [5.41, 5.74) is 4.56. The number of nitrogens with zero attached hydrogens (tertiary/aromatic N) is 4. The van der Waals surface area contributed by atoms with Crippen molar-refractivity contribution < 1.29 is 9.44 Å². The smallest absolute Gasteiger partial charge is 0.258 e. The fourth-order valence-corrected chi connectivity index (χ4v) is 3.59. The molecule has 0 saturated heterocycles. The largest absolute Gasteiger partial charge is 0.410 e. The van der Waals surface area contributed by atoms with Crippen molar-refractivity contribution >= 4 is 33.6 Å². The zero-order valence-electron chi connectivity index (χ0n) is 12.4. The maximum absolute atomic E-state index is 10.7. The first-order valence-corrected chi connectivity index (χ1v) is 8.06. The monoisotopic (exact) mass is 325 g/mol. The summed E-state index contributed by atoms with van der Waals surface area (Å²) in [5.74, 6) is 0. The first-order chi connectivity index (χ1) is 11.1. The van der Waals surface area contributed by atoms with Gasteiger partial charge < -0.3 is 0 Å². The van der Waals surface area contributed by atoms with Crippen molar-refractivity contribution in [2.75, 3.05) is 0 Å². The lowest BCUT2D eigenvalue weighted by Gasteiger charge is -1.99. The second-order valence-electron chi connectivity index (χ2n) is 5.47. The van der Waals surface area contributed by atoms with Gasteiger partial charge >= 0.3 is 4.96 Å². The summed E-state index contributed by atoms with van der Waals surface area (Å²) in [5, 5.41) is 16.3. The van der Waals surface area contributed by atoms with Gasteiger partial charge in [0, 0.05) is 23.3 Å². The molecule has 114 valence electrons. The van der Waals surface area contributed by atoms with Crippen molar-refractivity contribution in [3.05, 3.63) is 62.4 Å². The quantitative estimate of drug-likeness (QED) is 0.412. The summed E-state index contributed by atoms with van der Waals surface area (Å²) in [6, 6.07) is 6.62. The summed E-state index contributed by atoms with van der Waals surface area (Å²) in [6.45, 7) is 1.97. The number of benzene rings is 1. The number of nitro groups is 1. The Kier molecular flexibility index (Phi) is 3.16. The Balaban J connectivity index is 1.80. The Bertz CT molecular complexity index is 960. The molecule has 1 aromatic carbocycles. The minimum atomic E-state index is -0.384. The minimum absolute atomic E-state index is 0.107. The highest BCUT2D eigenvalue weighted by molar-refractivity contribution is 7.16. The van der Waals surface area contributed by atoms with Crippen molar-refractivity contribution in [3.8, 4) is 0 Å².